The van der Waals surface area contributed by atoms with Crippen molar-refractivity contribution in [1.82, 2.24) is 9.78 Å². The summed E-state index contributed by atoms with van der Waals surface area (Å²) in [4.78, 5) is 12.5. The molecule has 0 unspecified atom stereocenters. The monoisotopic (exact) mass is 389 g/mol. The number of hydrogen-bond donors (Lipinski definition) is 1. The fraction of sp³-hybridized carbons (Fsp3) is 0.200. The van der Waals surface area contributed by atoms with Gasteiger partial charge in [0.2, 0.25) is 0 Å². The topological polar surface area (TPSA) is 56.2 Å². The summed E-state index contributed by atoms with van der Waals surface area (Å²) in [6, 6.07) is 14.1. The number of carbonyl (C=O) groups is 1. The second kappa shape index (κ2) is 7.75. The number of nitrogens with zero attached hydrogens (tertiary/aromatic N) is 2. The van der Waals surface area contributed by atoms with Crippen LogP contribution < -0.4 is 10.1 Å². The number of anilines is 1. The normalized spacial score (nSPS) is 11.3. The lowest BCUT2D eigenvalue weighted by molar-refractivity contribution is -0.274. The maximum Gasteiger partial charge on any atom is 0.573 e. The molecule has 146 valence electrons. The molecule has 0 aliphatic carbocycles. The van der Waals surface area contributed by atoms with E-state index in [0.29, 0.717) is 12.1 Å². The predicted octanol–water partition coefficient (Wildman–Crippen LogP) is 4.70. The van der Waals surface area contributed by atoms with Crippen LogP contribution in [-0.4, -0.2) is 22.1 Å². The second-order valence-corrected chi connectivity index (χ2v) is 6.31. The Kier molecular flexibility index (Phi) is 5.39. The first-order valence-corrected chi connectivity index (χ1v) is 8.47. The van der Waals surface area contributed by atoms with E-state index >= 15 is 0 Å². The molecule has 0 saturated carbocycles. The van der Waals surface area contributed by atoms with E-state index < -0.39 is 18.0 Å². The van der Waals surface area contributed by atoms with E-state index in [1.807, 2.05) is 30.7 Å². The van der Waals surface area contributed by atoms with Crippen LogP contribution in [0.3, 0.4) is 0 Å². The van der Waals surface area contributed by atoms with E-state index in [9.17, 15) is 18.0 Å². The number of aryl methyl sites for hydroxylation is 2. The van der Waals surface area contributed by atoms with E-state index in [1.165, 1.54) is 12.1 Å². The van der Waals surface area contributed by atoms with Crippen LogP contribution in [0.25, 0.3) is 0 Å². The van der Waals surface area contributed by atoms with Crippen molar-refractivity contribution in [2.75, 3.05) is 5.32 Å². The third-order valence-electron chi connectivity index (χ3n) is 3.95. The number of halogens is 3. The zero-order chi connectivity index (χ0) is 20.3. The lowest BCUT2D eigenvalue weighted by atomic mass is 10.1. The molecule has 28 heavy (non-hydrogen) atoms. The molecule has 0 saturated heterocycles. The Labute approximate surface area is 159 Å². The highest BCUT2D eigenvalue weighted by Crippen LogP contribution is 2.25. The molecule has 1 amide bonds. The average molecular weight is 389 g/mol. The van der Waals surface area contributed by atoms with E-state index in [-0.39, 0.29) is 5.69 Å². The highest BCUT2D eigenvalue weighted by atomic mass is 19.4. The summed E-state index contributed by atoms with van der Waals surface area (Å²) in [7, 11) is 0. The van der Waals surface area contributed by atoms with Gasteiger partial charge in [0.15, 0.2) is 0 Å². The average Bonchev–Trinajstić information content (AvgIpc) is 2.91. The van der Waals surface area contributed by atoms with Crippen LogP contribution in [0.15, 0.2) is 54.6 Å². The molecule has 0 spiro atoms. The quantitative estimate of drug-likeness (QED) is 0.688. The molecule has 0 radical (unpaired) electrons. The van der Waals surface area contributed by atoms with Crippen LogP contribution in [0.4, 0.5) is 18.9 Å². The first-order chi connectivity index (χ1) is 13.2. The number of alkyl halides is 3. The lowest BCUT2D eigenvalue weighted by Gasteiger charge is -2.11. The summed E-state index contributed by atoms with van der Waals surface area (Å²) in [6.07, 6.45) is -4.79. The van der Waals surface area contributed by atoms with Crippen molar-refractivity contribution >= 4 is 11.6 Å². The summed E-state index contributed by atoms with van der Waals surface area (Å²) in [5.74, 6) is -0.831. The van der Waals surface area contributed by atoms with Crippen molar-refractivity contribution in [2.24, 2.45) is 0 Å². The van der Waals surface area contributed by atoms with Gasteiger partial charge in [-0.1, -0.05) is 18.2 Å². The molecule has 5 nitrogen and oxygen atoms in total. The van der Waals surface area contributed by atoms with Crippen molar-refractivity contribution in [3.63, 3.8) is 0 Å². The predicted molar refractivity (Wildman–Crippen MR) is 98.3 cm³/mol. The molecule has 0 bridgehead atoms. The maximum absolute atomic E-state index is 12.5. The summed E-state index contributed by atoms with van der Waals surface area (Å²) in [5.41, 5.74) is 3.39. The number of benzene rings is 2. The molecular formula is C20H18F3N3O2. The fourth-order valence-corrected chi connectivity index (χ4v) is 2.79. The summed E-state index contributed by atoms with van der Waals surface area (Å²) in [5, 5.41) is 6.98. The minimum Gasteiger partial charge on any atom is -0.406 e. The van der Waals surface area contributed by atoms with Crippen molar-refractivity contribution < 1.29 is 22.7 Å². The van der Waals surface area contributed by atoms with Crippen LogP contribution in [0.5, 0.6) is 5.75 Å². The number of aromatic nitrogens is 2. The largest absolute Gasteiger partial charge is 0.573 e. The lowest BCUT2D eigenvalue weighted by Crippen LogP contribution is -2.17. The van der Waals surface area contributed by atoms with E-state index in [0.717, 1.165) is 29.1 Å². The zero-order valence-electron chi connectivity index (χ0n) is 15.2. The van der Waals surface area contributed by atoms with Gasteiger partial charge in [0.05, 0.1) is 12.2 Å². The first kappa shape index (κ1) is 19.5. The molecule has 1 N–H and O–H groups in total. The molecule has 0 fully saturated rings. The number of amides is 1. The number of nitrogens with one attached hydrogen (secondary N) is 1. The molecular weight excluding hydrogens is 371 g/mol. The number of ether oxygens (including phenoxy) is 1. The van der Waals surface area contributed by atoms with Gasteiger partial charge in [-0.15, -0.1) is 13.2 Å². The molecule has 3 aromatic rings. The summed E-state index contributed by atoms with van der Waals surface area (Å²) in [6.45, 7) is 4.37. The van der Waals surface area contributed by atoms with Gasteiger partial charge in [0, 0.05) is 23.0 Å². The minimum atomic E-state index is -4.79. The molecule has 2 aromatic carbocycles. The van der Waals surface area contributed by atoms with Gasteiger partial charge < -0.3 is 10.1 Å². The Morgan fingerprint density at radius 1 is 1.11 bits per heavy atom. The minimum absolute atomic E-state index is 0.204. The van der Waals surface area contributed by atoms with Crippen molar-refractivity contribution in [2.45, 2.75) is 26.8 Å². The summed E-state index contributed by atoms with van der Waals surface area (Å²) < 4.78 is 42.7. The van der Waals surface area contributed by atoms with Gasteiger partial charge >= 0.3 is 6.36 Å². The highest BCUT2D eigenvalue weighted by Gasteiger charge is 2.31. The van der Waals surface area contributed by atoms with Gasteiger partial charge in [-0.2, -0.15) is 5.10 Å². The smallest absolute Gasteiger partial charge is 0.406 e. The van der Waals surface area contributed by atoms with E-state index in [1.54, 1.807) is 18.2 Å². The third kappa shape index (κ3) is 5.12. The van der Waals surface area contributed by atoms with Crippen LogP contribution in [0.1, 0.15) is 27.3 Å². The molecule has 0 aliphatic heterocycles. The van der Waals surface area contributed by atoms with Gasteiger partial charge in [-0.3, -0.25) is 9.48 Å². The van der Waals surface area contributed by atoms with Crippen LogP contribution in [0.2, 0.25) is 0 Å². The van der Waals surface area contributed by atoms with Gasteiger partial charge in [0.1, 0.15) is 5.75 Å². The van der Waals surface area contributed by atoms with Crippen LogP contribution in [0, 0.1) is 13.8 Å². The zero-order valence-corrected chi connectivity index (χ0v) is 15.2. The molecule has 8 heteroatoms. The first-order valence-electron chi connectivity index (χ1n) is 8.47. The van der Waals surface area contributed by atoms with Crippen LogP contribution >= 0.6 is 0 Å². The van der Waals surface area contributed by atoms with Gasteiger partial charge in [0.25, 0.3) is 5.91 Å². The van der Waals surface area contributed by atoms with Crippen LogP contribution in [-0.2, 0) is 6.54 Å². The standard InChI is InChI=1S/C20H18F3N3O2/c1-13-9-14(2)26(25-13)12-15-5-3-6-16(10-15)19(27)24-17-7-4-8-18(11-17)28-20(21,22)23/h3-11H,12H2,1-2H3,(H,24,27). The molecule has 1 aromatic heterocycles. The van der Waals surface area contributed by atoms with Crippen molar-refractivity contribution in [1.29, 1.82) is 0 Å². The summed E-state index contributed by atoms with van der Waals surface area (Å²) >= 11 is 0. The van der Waals surface area contributed by atoms with E-state index in [2.05, 4.69) is 15.2 Å². The molecule has 1 heterocycles. The Morgan fingerprint density at radius 2 is 1.86 bits per heavy atom. The SMILES string of the molecule is Cc1cc(C)n(Cc2cccc(C(=O)Nc3cccc(OC(F)(F)F)c3)c2)n1. The second-order valence-electron chi connectivity index (χ2n) is 6.31. The number of hydrogen-bond acceptors (Lipinski definition) is 3. The van der Waals surface area contributed by atoms with Gasteiger partial charge in [-0.25, -0.2) is 0 Å². The fourth-order valence-electron chi connectivity index (χ4n) is 2.79. The van der Waals surface area contributed by atoms with Gasteiger partial charge in [-0.05, 0) is 49.7 Å². The Balaban J connectivity index is 1.73. The highest BCUT2D eigenvalue weighted by molar-refractivity contribution is 6.04. The maximum atomic E-state index is 12.5. The van der Waals surface area contributed by atoms with Crippen molar-refractivity contribution in [3.8, 4) is 5.75 Å². The van der Waals surface area contributed by atoms with Crippen molar-refractivity contribution in [3.05, 3.63) is 77.1 Å². The number of rotatable bonds is 5. The van der Waals surface area contributed by atoms with E-state index in [4.69, 9.17) is 0 Å². The molecule has 3 rings (SSSR count). The Bertz CT molecular complexity index is 996. The Hall–Kier alpha value is -3.29. The molecule has 0 atom stereocenters. The Morgan fingerprint density at radius 3 is 2.54 bits per heavy atom. The third-order valence-corrected chi connectivity index (χ3v) is 3.95. The number of carbonyl (C=O) groups excluding carboxylic acids is 1. The molecule has 0 aliphatic rings.